The molecule has 2 aromatic heterocycles. The van der Waals surface area contributed by atoms with E-state index in [9.17, 15) is 0 Å². The smallest absolute Gasteiger partial charge is 0.0729 e. The van der Waals surface area contributed by atoms with Crippen LogP contribution in [0.15, 0.2) is 18.6 Å². The SMILES string of the molecule is CCCn1cc(CNc2cnn(C3CCCC3)c2)c(C)n1.Cl. The van der Waals surface area contributed by atoms with Crippen LogP contribution in [-0.2, 0) is 13.1 Å². The molecule has 0 amide bonds. The van der Waals surface area contributed by atoms with Crippen molar-refractivity contribution in [3.63, 3.8) is 0 Å². The van der Waals surface area contributed by atoms with Crippen molar-refractivity contribution in [1.29, 1.82) is 0 Å². The summed E-state index contributed by atoms with van der Waals surface area (Å²) < 4.78 is 4.16. The monoisotopic (exact) mass is 323 g/mol. The van der Waals surface area contributed by atoms with Crippen molar-refractivity contribution in [3.05, 3.63) is 29.8 Å². The summed E-state index contributed by atoms with van der Waals surface area (Å²) in [4.78, 5) is 0. The lowest BCUT2D eigenvalue weighted by Gasteiger charge is -2.08. The summed E-state index contributed by atoms with van der Waals surface area (Å²) in [5.41, 5.74) is 3.47. The normalized spacial score (nSPS) is 15.0. The summed E-state index contributed by atoms with van der Waals surface area (Å²) in [6.07, 6.45) is 12.5. The third-order valence-corrected chi connectivity index (χ3v) is 4.28. The van der Waals surface area contributed by atoms with Gasteiger partial charge >= 0.3 is 0 Å². The average molecular weight is 324 g/mol. The first-order chi connectivity index (χ1) is 10.3. The molecule has 0 radical (unpaired) electrons. The van der Waals surface area contributed by atoms with Crippen LogP contribution in [0.5, 0.6) is 0 Å². The molecule has 1 saturated carbocycles. The number of aryl methyl sites for hydroxylation is 2. The second-order valence-corrected chi connectivity index (χ2v) is 6.00. The van der Waals surface area contributed by atoms with Gasteiger partial charge in [0.1, 0.15) is 0 Å². The topological polar surface area (TPSA) is 47.7 Å². The van der Waals surface area contributed by atoms with Crippen molar-refractivity contribution in [2.24, 2.45) is 0 Å². The van der Waals surface area contributed by atoms with Crippen LogP contribution >= 0.6 is 12.4 Å². The van der Waals surface area contributed by atoms with Crippen LogP contribution < -0.4 is 5.32 Å². The van der Waals surface area contributed by atoms with E-state index in [1.807, 2.05) is 10.9 Å². The summed E-state index contributed by atoms with van der Waals surface area (Å²) >= 11 is 0. The standard InChI is InChI=1S/C16H25N5.ClH/c1-3-8-20-11-14(13(2)19-20)9-17-15-10-18-21(12-15)16-6-4-5-7-16;/h10-12,16-17H,3-9H2,1-2H3;1H. The van der Waals surface area contributed by atoms with E-state index < -0.39 is 0 Å². The summed E-state index contributed by atoms with van der Waals surface area (Å²) in [6, 6.07) is 0.606. The third-order valence-electron chi connectivity index (χ3n) is 4.28. The maximum atomic E-state index is 4.54. The quantitative estimate of drug-likeness (QED) is 0.875. The highest BCUT2D eigenvalue weighted by atomic mass is 35.5. The first-order valence-electron chi connectivity index (χ1n) is 8.07. The van der Waals surface area contributed by atoms with Crippen LogP contribution in [0.25, 0.3) is 0 Å². The minimum absolute atomic E-state index is 0. The summed E-state index contributed by atoms with van der Waals surface area (Å²) in [5.74, 6) is 0. The molecule has 122 valence electrons. The van der Waals surface area contributed by atoms with Crippen molar-refractivity contribution >= 4 is 18.1 Å². The fraction of sp³-hybridized carbons (Fsp3) is 0.625. The Hall–Kier alpha value is -1.49. The van der Waals surface area contributed by atoms with Crippen molar-refractivity contribution < 1.29 is 0 Å². The minimum Gasteiger partial charge on any atom is -0.378 e. The zero-order chi connectivity index (χ0) is 14.7. The lowest BCUT2D eigenvalue weighted by Crippen LogP contribution is -2.04. The van der Waals surface area contributed by atoms with E-state index >= 15 is 0 Å². The Morgan fingerprint density at radius 1 is 1.27 bits per heavy atom. The van der Waals surface area contributed by atoms with Gasteiger partial charge in [-0.15, -0.1) is 12.4 Å². The number of nitrogens with one attached hydrogen (secondary N) is 1. The number of hydrogen-bond donors (Lipinski definition) is 1. The van der Waals surface area contributed by atoms with Gasteiger partial charge in [-0.25, -0.2) is 0 Å². The van der Waals surface area contributed by atoms with Crippen molar-refractivity contribution in [3.8, 4) is 0 Å². The van der Waals surface area contributed by atoms with Crippen LogP contribution in [0.3, 0.4) is 0 Å². The van der Waals surface area contributed by atoms with E-state index in [1.165, 1.54) is 31.2 Å². The molecule has 0 aliphatic heterocycles. The molecule has 0 unspecified atom stereocenters. The zero-order valence-corrected chi connectivity index (χ0v) is 14.3. The molecule has 0 atom stereocenters. The second kappa shape index (κ2) is 7.68. The van der Waals surface area contributed by atoms with Gasteiger partial charge in [0.2, 0.25) is 0 Å². The molecule has 3 rings (SSSR count). The Kier molecular flexibility index (Phi) is 5.89. The lowest BCUT2D eigenvalue weighted by atomic mass is 10.2. The van der Waals surface area contributed by atoms with Gasteiger partial charge in [0.15, 0.2) is 0 Å². The predicted molar refractivity (Wildman–Crippen MR) is 91.6 cm³/mol. The highest BCUT2D eigenvalue weighted by Crippen LogP contribution is 2.29. The first-order valence-corrected chi connectivity index (χ1v) is 8.07. The first kappa shape index (κ1) is 16.9. The molecule has 5 nitrogen and oxygen atoms in total. The molecule has 0 bridgehead atoms. The van der Waals surface area contributed by atoms with Crippen molar-refractivity contribution in [2.75, 3.05) is 5.32 Å². The van der Waals surface area contributed by atoms with Crippen LogP contribution in [-0.4, -0.2) is 19.6 Å². The summed E-state index contributed by atoms with van der Waals surface area (Å²) in [6.45, 7) is 6.05. The molecule has 1 N–H and O–H groups in total. The molecule has 1 aliphatic rings. The molecule has 6 heteroatoms. The zero-order valence-electron chi connectivity index (χ0n) is 13.5. The molecule has 1 aliphatic carbocycles. The van der Waals surface area contributed by atoms with Gasteiger partial charge < -0.3 is 5.32 Å². The number of rotatable bonds is 6. The van der Waals surface area contributed by atoms with Crippen LogP contribution in [0.1, 0.15) is 56.3 Å². The predicted octanol–water partition coefficient (Wildman–Crippen LogP) is 3.95. The molecule has 0 spiro atoms. The van der Waals surface area contributed by atoms with Gasteiger partial charge in [-0.2, -0.15) is 10.2 Å². The van der Waals surface area contributed by atoms with E-state index in [1.54, 1.807) is 0 Å². The van der Waals surface area contributed by atoms with E-state index in [0.717, 1.165) is 30.9 Å². The Balaban J connectivity index is 0.00000176. The molecule has 22 heavy (non-hydrogen) atoms. The van der Waals surface area contributed by atoms with Crippen LogP contribution in [0.4, 0.5) is 5.69 Å². The Morgan fingerprint density at radius 3 is 2.77 bits per heavy atom. The van der Waals surface area contributed by atoms with Gasteiger partial charge in [-0.3, -0.25) is 9.36 Å². The van der Waals surface area contributed by atoms with E-state index in [2.05, 4.69) is 46.4 Å². The Labute approximate surface area is 138 Å². The highest BCUT2D eigenvalue weighted by molar-refractivity contribution is 5.85. The lowest BCUT2D eigenvalue weighted by molar-refractivity contribution is 0.467. The number of aromatic nitrogens is 4. The summed E-state index contributed by atoms with van der Waals surface area (Å²) in [7, 11) is 0. The fourth-order valence-electron chi connectivity index (χ4n) is 3.07. The van der Waals surface area contributed by atoms with E-state index in [0.29, 0.717) is 6.04 Å². The van der Waals surface area contributed by atoms with E-state index in [-0.39, 0.29) is 12.4 Å². The van der Waals surface area contributed by atoms with Gasteiger partial charge in [-0.1, -0.05) is 19.8 Å². The largest absolute Gasteiger partial charge is 0.378 e. The number of hydrogen-bond acceptors (Lipinski definition) is 3. The molecule has 2 aromatic rings. The van der Waals surface area contributed by atoms with Gasteiger partial charge in [0, 0.05) is 31.0 Å². The maximum Gasteiger partial charge on any atom is 0.0729 e. The maximum absolute atomic E-state index is 4.54. The molecular formula is C16H26ClN5. The Morgan fingerprint density at radius 2 is 2.05 bits per heavy atom. The van der Waals surface area contributed by atoms with Crippen LogP contribution in [0, 0.1) is 6.92 Å². The second-order valence-electron chi connectivity index (χ2n) is 6.00. The number of nitrogens with zero attached hydrogens (tertiary/aromatic N) is 4. The summed E-state index contributed by atoms with van der Waals surface area (Å²) in [5, 5.41) is 12.5. The highest BCUT2D eigenvalue weighted by Gasteiger charge is 2.17. The Bertz CT molecular complexity index is 583. The number of halogens is 1. The van der Waals surface area contributed by atoms with Gasteiger partial charge in [0.25, 0.3) is 0 Å². The fourth-order valence-corrected chi connectivity index (χ4v) is 3.07. The van der Waals surface area contributed by atoms with Crippen molar-refractivity contribution in [2.45, 2.75) is 65.1 Å². The van der Waals surface area contributed by atoms with Crippen LogP contribution in [0.2, 0.25) is 0 Å². The van der Waals surface area contributed by atoms with Crippen molar-refractivity contribution in [1.82, 2.24) is 19.6 Å². The minimum atomic E-state index is 0. The third kappa shape index (κ3) is 3.83. The molecule has 1 fully saturated rings. The molecule has 0 aromatic carbocycles. The van der Waals surface area contributed by atoms with E-state index in [4.69, 9.17) is 0 Å². The average Bonchev–Trinajstić information content (AvgIpc) is 3.17. The molecule has 2 heterocycles. The molecular weight excluding hydrogens is 298 g/mol. The molecule has 0 saturated heterocycles. The van der Waals surface area contributed by atoms with Gasteiger partial charge in [-0.05, 0) is 26.2 Å². The van der Waals surface area contributed by atoms with Gasteiger partial charge in [0.05, 0.1) is 23.6 Å². The number of anilines is 1.